The minimum Gasteiger partial charge on any atom is -0.508 e. The molecule has 7 nitrogen and oxygen atoms in total. The maximum atomic E-state index is 10.9. The van der Waals surface area contributed by atoms with Crippen LogP contribution < -0.4 is 9.67 Å². The fraction of sp³-hybridized carbons (Fsp3) is 0.133. The minimum absolute atomic E-state index is 0.285. The monoisotopic (exact) mass is 383 g/mol. The van der Waals surface area contributed by atoms with Gasteiger partial charge in [-0.15, -0.1) is 0 Å². The third-order valence-electron chi connectivity index (χ3n) is 2.73. The summed E-state index contributed by atoms with van der Waals surface area (Å²) in [4.78, 5) is 10.7. The Morgan fingerprint density at radius 2 is 1.65 bits per heavy atom. The van der Waals surface area contributed by atoms with Crippen LogP contribution in [-0.4, -0.2) is 38.5 Å². The molecule has 1 amide bonds. The summed E-state index contributed by atoms with van der Waals surface area (Å²) in [5, 5.41) is 20.6. The molecule has 0 aliphatic heterocycles. The van der Waals surface area contributed by atoms with Gasteiger partial charge in [-0.25, -0.2) is 0 Å². The molecule has 0 radical (unpaired) electrons. The average Bonchev–Trinajstić information content (AvgIpc) is 2.41. The van der Waals surface area contributed by atoms with Crippen LogP contribution in [0.2, 0.25) is 0 Å². The first-order valence-corrected chi connectivity index (χ1v) is 9.91. The molecular formula is C15H18AsNO6. The molecule has 0 spiro atoms. The molecule has 8 heteroatoms. The van der Waals surface area contributed by atoms with Crippen LogP contribution in [0.5, 0.6) is 11.5 Å². The summed E-state index contributed by atoms with van der Waals surface area (Å²) in [5.41, 5.74) is 1.21. The molecule has 2 rings (SSSR count). The Morgan fingerprint density at radius 3 is 2.04 bits per heavy atom. The molecule has 0 atom stereocenters. The van der Waals surface area contributed by atoms with Crippen LogP contribution in [0, 0.1) is 6.92 Å². The molecule has 2 aromatic rings. The van der Waals surface area contributed by atoms with Gasteiger partial charge in [0.15, 0.2) is 0 Å². The number of para-hydroxylation sites is 1. The second-order valence-corrected chi connectivity index (χ2v) is 8.01. The molecule has 2 aromatic carbocycles. The van der Waals surface area contributed by atoms with E-state index in [1.54, 1.807) is 6.07 Å². The topological polar surface area (TPSA) is 127 Å². The van der Waals surface area contributed by atoms with Gasteiger partial charge in [0.1, 0.15) is 5.75 Å². The summed E-state index contributed by atoms with van der Waals surface area (Å²) >= 11 is -5.09. The van der Waals surface area contributed by atoms with E-state index in [0.717, 1.165) is 17.7 Å². The third kappa shape index (κ3) is 6.20. The number of amides is 1. The second kappa shape index (κ2) is 7.87. The zero-order valence-electron chi connectivity index (χ0n) is 12.6. The molecule has 0 fully saturated rings. The van der Waals surface area contributed by atoms with E-state index >= 15 is 0 Å². The second-order valence-electron chi connectivity index (χ2n) is 4.72. The molecule has 124 valence electrons. The van der Waals surface area contributed by atoms with Crippen LogP contribution in [0.3, 0.4) is 0 Å². The van der Waals surface area contributed by atoms with Crippen LogP contribution >= 0.6 is 0 Å². The van der Waals surface area contributed by atoms with Crippen molar-refractivity contribution < 1.29 is 26.9 Å². The number of carbonyl (C=O) groups excluding carboxylic acids is 1. The van der Waals surface area contributed by atoms with Gasteiger partial charge in [-0.2, -0.15) is 0 Å². The van der Waals surface area contributed by atoms with Gasteiger partial charge < -0.3 is 5.11 Å². The molecule has 0 aromatic heterocycles. The number of benzene rings is 2. The van der Waals surface area contributed by atoms with Crippen molar-refractivity contribution in [3.8, 4) is 11.5 Å². The molecular weight excluding hydrogens is 365 g/mol. The summed E-state index contributed by atoms with van der Waals surface area (Å²) in [7, 11) is 0. The molecule has 0 saturated heterocycles. The third-order valence-corrected chi connectivity index (χ3v) is 4.84. The van der Waals surface area contributed by atoms with Crippen molar-refractivity contribution in [3.63, 3.8) is 0 Å². The van der Waals surface area contributed by atoms with Crippen LogP contribution in [-0.2, 0) is 8.53 Å². The van der Waals surface area contributed by atoms with Gasteiger partial charge in [-0.05, 0) is 18.6 Å². The van der Waals surface area contributed by atoms with Gasteiger partial charge in [0.2, 0.25) is 0 Å². The number of phenolic OH excluding ortho intramolecular Hbond substituents is 2. The maximum absolute atomic E-state index is 10.9. The van der Waals surface area contributed by atoms with Crippen molar-refractivity contribution in [3.05, 3.63) is 48.0 Å². The Labute approximate surface area is 136 Å². The predicted molar refractivity (Wildman–Crippen MR) is 85.8 cm³/mol. The Morgan fingerprint density at radius 1 is 1.04 bits per heavy atom. The van der Waals surface area contributed by atoms with Gasteiger partial charge in [0, 0.05) is 0 Å². The number of hydrogen-bond donors (Lipinski definition) is 5. The van der Waals surface area contributed by atoms with Gasteiger partial charge in [0.25, 0.3) is 0 Å². The van der Waals surface area contributed by atoms with Crippen molar-refractivity contribution in [2.75, 3.05) is 5.32 Å². The number of anilines is 1. The fourth-order valence-corrected chi connectivity index (χ4v) is 2.94. The van der Waals surface area contributed by atoms with Crippen LogP contribution in [0.4, 0.5) is 5.69 Å². The first-order valence-electron chi connectivity index (χ1n) is 6.52. The number of rotatable bonds is 2. The summed E-state index contributed by atoms with van der Waals surface area (Å²) in [6, 6.07) is 10.8. The Balaban J connectivity index is 0.000000277. The van der Waals surface area contributed by atoms with E-state index in [0.29, 0.717) is 5.75 Å². The van der Waals surface area contributed by atoms with Gasteiger partial charge >= 0.3 is 88.1 Å². The molecule has 0 saturated carbocycles. The number of nitrogens with one attached hydrogen (secondary N) is 1. The maximum Gasteiger partial charge on any atom is 0.118 e. The molecule has 0 aliphatic carbocycles. The smallest absolute Gasteiger partial charge is 0.118 e. The molecule has 23 heavy (non-hydrogen) atoms. The van der Waals surface area contributed by atoms with Crippen molar-refractivity contribution >= 4 is 30.1 Å². The fourth-order valence-electron chi connectivity index (χ4n) is 1.61. The van der Waals surface area contributed by atoms with E-state index in [2.05, 4.69) is 5.32 Å². The van der Waals surface area contributed by atoms with Gasteiger partial charge in [-0.1, -0.05) is 18.2 Å². The van der Waals surface area contributed by atoms with Crippen molar-refractivity contribution in [1.82, 2.24) is 0 Å². The Kier molecular flexibility index (Phi) is 6.45. The summed E-state index contributed by atoms with van der Waals surface area (Å²) in [6.07, 6.45) is 0. The predicted octanol–water partition coefficient (Wildman–Crippen LogP) is 0.612. The summed E-state index contributed by atoms with van der Waals surface area (Å²) < 4.78 is 28.2. The SMILES string of the molecule is CC(=O)Nc1ccc([As](=O)(O)O)c(O)c1.Cc1ccccc1O. The molecule has 0 aliphatic rings. The van der Waals surface area contributed by atoms with E-state index in [1.165, 1.54) is 13.0 Å². The number of hydrogen-bond acceptors (Lipinski definition) is 4. The van der Waals surface area contributed by atoms with Crippen molar-refractivity contribution in [2.45, 2.75) is 13.8 Å². The van der Waals surface area contributed by atoms with Crippen molar-refractivity contribution in [2.24, 2.45) is 0 Å². The zero-order valence-corrected chi connectivity index (χ0v) is 14.5. The van der Waals surface area contributed by atoms with E-state index in [4.69, 9.17) is 13.3 Å². The summed E-state index contributed by atoms with van der Waals surface area (Å²) in [5.74, 6) is -0.482. The first kappa shape index (κ1) is 18.8. The normalized spacial score (nSPS) is 10.4. The molecule has 0 unspecified atom stereocenters. The first-order chi connectivity index (χ1) is 10.6. The van der Waals surface area contributed by atoms with Crippen LogP contribution in [0.1, 0.15) is 12.5 Å². The zero-order chi connectivity index (χ0) is 17.6. The Bertz CT molecular complexity index is 719. The minimum atomic E-state index is -5.09. The largest absolute Gasteiger partial charge is 0.508 e. The Hall–Kier alpha value is -2.21. The molecule has 5 N–H and O–H groups in total. The average molecular weight is 383 g/mol. The quantitative estimate of drug-likeness (QED) is 0.484. The summed E-state index contributed by atoms with van der Waals surface area (Å²) in [6.45, 7) is 3.16. The van der Waals surface area contributed by atoms with Gasteiger partial charge in [0.05, 0.1) is 0 Å². The standard InChI is InChI=1S/C8H10AsNO5.C7H8O/c1-5(11)10-6-2-3-7(8(12)4-6)9(13,14)15;1-6-4-2-3-5-7(6)8/h2-4,12H,1H3,(H,10,11)(H2,13,14,15);2-5,8H,1H3. The number of phenols is 2. The molecule has 0 heterocycles. The van der Waals surface area contributed by atoms with Crippen molar-refractivity contribution in [1.29, 1.82) is 0 Å². The number of aromatic hydroxyl groups is 2. The van der Waals surface area contributed by atoms with E-state index in [-0.39, 0.29) is 11.6 Å². The number of carbonyl (C=O) groups is 1. The van der Waals surface area contributed by atoms with Crippen LogP contribution in [0.25, 0.3) is 0 Å². The van der Waals surface area contributed by atoms with Gasteiger partial charge in [-0.3, -0.25) is 0 Å². The van der Waals surface area contributed by atoms with E-state index < -0.39 is 24.3 Å². The number of aryl methyl sites for hydroxylation is 1. The van der Waals surface area contributed by atoms with Crippen LogP contribution in [0.15, 0.2) is 42.5 Å². The molecule has 0 bridgehead atoms. The van der Waals surface area contributed by atoms with E-state index in [1.807, 2.05) is 25.1 Å². The van der Waals surface area contributed by atoms with E-state index in [9.17, 15) is 13.6 Å².